The summed E-state index contributed by atoms with van der Waals surface area (Å²) < 4.78 is 7.63. The molecule has 0 unspecified atom stereocenters. The Balaban J connectivity index is 1.87. The molecule has 0 aliphatic rings. The molecule has 3 heterocycles. The number of rotatable bonds is 3. The summed E-state index contributed by atoms with van der Waals surface area (Å²) in [5.74, 6) is 1.78. The zero-order valence-corrected chi connectivity index (χ0v) is 15.1. The van der Waals surface area contributed by atoms with Gasteiger partial charge in [-0.2, -0.15) is 0 Å². The second kappa shape index (κ2) is 6.17. The monoisotopic (exact) mass is 372 g/mol. The number of benzene rings is 1. The van der Waals surface area contributed by atoms with Crippen molar-refractivity contribution in [2.24, 2.45) is 0 Å². The number of halogens is 2. The second-order valence-corrected chi connectivity index (χ2v) is 6.86. The molecule has 0 saturated heterocycles. The van der Waals surface area contributed by atoms with Crippen molar-refractivity contribution in [1.82, 2.24) is 19.6 Å². The maximum atomic E-state index is 6.33. The average Bonchev–Trinajstić information content (AvgIpc) is 3.20. The Labute approximate surface area is 154 Å². The molecule has 1 aromatic carbocycles. The minimum atomic E-state index is 0.255. The highest BCUT2D eigenvalue weighted by molar-refractivity contribution is 6.36. The van der Waals surface area contributed by atoms with Gasteiger partial charge in [-0.05, 0) is 30.3 Å². The summed E-state index contributed by atoms with van der Waals surface area (Å²) in [6.45, 7) is 4.16. The van der Waals surface area contributed by atoms with Crippen molar-refractivity contribution in [2.45, 2.75) is 19.8 Å². The van der Waals surface area contributed by atoms with Crippen LogP contribution in [0.15, 0.2) is 47.3 Å². The third-order valence-electron chi connectivity index (χ3n) is 3.96. The van der Waals surface area contributed by atoms with Gasteiger partial charge >= 0.3 is 0 Å². The molecule has 25 heavy (non-hydrogen) atoms. The van der Waals surface area contributed by atoms with E-state index < -0.39 is 0 Å². The summed E-state index contributed by atoms with van der Waals surface area (Å²) in [6.07, 6.45) is 3.37. The van der Waals surface area contributed by atoms with E-state index in [1.54, 1.807) is 12.1 Å². The Morgan fingerprint density at radius 2 is 1.92 bits per heavy atom. The van der Waals surface area contributed by atoms with Gasteiger partial charge in [0.1, 0.15) is 11.5 Å². The first-order valence-corrected chi connectivity index (χ1v) is 8.54. The van der Waals surface area contributed by atoms with Crippen LogP contribution in [0.5, 0.6) is 0 Å². The molecule has 0 radical (unpaired) electrons. The van der Waals surface area contributed by atoms with E-state index >= 15 is 0 Å². The maximum Gasteiger partial charge on any atom is 0.182 e. The lowest BCUT2D eigenvalue weighted by Crippen LogP contribution is -1.97. The van der Waals surface area contributed by atoms with Crippen LogP contribution < -0.4 is 0 Å². The lowest BCUT2D eigenvalue weighted by atomic mass is 10.1. The summed E-state index contributed by atoms with van der Waals surface area (Å²) in [6, 6.07) is 9.15. The first-order chi connectivity index (χ1) is 12.0. The van der Waals surface area contributed by atoms with E-state index in [0.29, 0.717) is 21.5 Å². The van der Waals surface area contributed by atoms with Gasteiger partial charge in [0.25, 0.3) is 0 Å². The Morgan fingerprint density at radius 3 is 2.68 bits per heavy atom. The van der Waals surface area contributed by atoms with Crippen molar-refractivity contribution in [3.8, 4) is 22.6 Å². The highest BCUT2D eigenvalue weighted by Crippen LogP contribution is 2.36. The third kappa shape index (κ3) is 2.79. The molecule has 126 valence electrons. The van der Waals surface area contributed by atoms with Crippen LogP contribution in [-0.2, 0) is 0 Å². The number of oxazole rings is 1. The summed E-state index contributed by atoms with van der Waals surface area (Å²) in [5, 5.41) is 9.55. The van der Waals surface area contributed by atoms with E-state index in [1.165, 1.54) is 6.39 Å². The van der Waals surface area contributed by atoms with Crippen LogP contribution in [0.2, 0.25) is 10.0 Å². The van der Waals surface area contributed by atoms with Crippen LogP contribution in [0, 0.1) is 0 Å². The quantitative estimate of drug-likeness (QED) is 0.477. The number of aromatic nitrogens is 4. The number of hydrogen-bond donors (Lipinski definition) is 0. The molecule has 0 bridgehead atoms. The van der Waals surface area contributed by atoms with Gasteiger partial charge < -0.3 is 4.42 Å². The van der Waals surface area contributed by atoms with Gasteiger partial charge in [0.05, 0.1) is 5.02 Å². The van der Waals surface area contributed by atoms with E-state index in [-0.39, 0.29) is 5.92 Å². The first kappa shape index (κ1) is 16.1. The van der Waals surface area contributed by atoms with Crippen molar-refractivity contribution >= 4 is 28.8 Å². The zero-order valence-electron chi connectivity index (χ0n) is 13.6. The van der Waals surface area contributed by atoms with E-state index in [0.717, 1.165) is 22.6 Å². The molecule has 0 atom stereocenters. The van der Waals surface area contributed by atoms with Crippen molar-refractivity contribution < 1.29 is 4.42 Å². The van der Waals surface area contributed by atoms with Crippen molar-refractivity contribution in [2.75, 3.05) is 0 Å². The standard InChI is InChI=1S/C18H14Cl2N4O/c1-10(2)18-23-22-15-6-3-11(8-24(15)18)17-16(21-9-25-17)13-5-4-12(19)7-14(13)20/h3-10H,1-2H3. The smallest absolute Gasteiger partial charge is 0.182 e. The maximum absolute atomic E-state index is 6.33. The van der Waals surface area contributed by atoms with Gasteiger partial charge in [0.15, 0.2) is 17.8 Å². The lowest BCUT2D eigenvalue weighted by molar-refractivity contribution is 0.572. The fourth-order valence-electron chi connectivity index (χ4n) is 2.76. The summed E-state index contributed by atoms with van der Waals surface area (Å²) in [5.41, 5.74) is 3.09. The second-order valence-electron chi connectivity index (χ2n) is 6.01. The topological polar surface area (TPSA) is 56.2 Å². The molecule has 4 aromatic rings. The van der Waals surface area contributed by atoms with E-state index in [1.807, 2.05) is 28.8 Å². The Bertz CT molecular complexity index is 1070. The largest absolute Gasteiger partial charge is 0.443 e. The van der Waals surface area contributed by atoms with Crippen LogP contribution in [-0.4, -0.2) is 19.6 Å². The molecular weight excluding hydrogens is 359 g/mol. The minimum absolute atomic E-state index is 0.255. The molecule has 0 saturated carbocycles. The molecule has 7 heteroatoms. The van der Waals surface area contributed by atoms with Crippen LogP contribution in [0.25, 0.3) is 28.2 Å². The molecule has 0 spiro atoms. The molecule has 0 aliphatic heterocycles. The van der Waals surface area contributed by atoms with Gasteiger partial charge in [-0.3, -0.25) is 4.40 Å². The Morgan fingerprint density at radius 1 is 1.08 bits per heavy atom. The number of nitrogens with zero attached hydrogens (tertiary/aromatic N) is 4. The van der Waals surface area contributed by atoms with Crippen LogP contribution >= 0.6 is 23.2 Å². The summed E-state index contributed by atoms with van der Waals surface area (Å²) in [7, 11) is 0. The molecular formula is C18H14Cl2N4O. The number of fused-ring (bicyclic) bond motifs is 1. The SMILES string of the molecule is CC(C)c1nnc2ccc(-c3ocnc3-c3ccc(Cl)cc3Cl)cn12. The molecule has 5 nitrogen and oxygen atoms in total. The van der Waals surface area contributed by atoms with Crippen molar-refractivity contribution in [1.29, 1.82) is 0 Å². The van der Waals surface area contributed by atoms with Crippen molar-refractivity contribution in [3.63, 3.8) is 0 Å². The van der Waals surface area contributed by atoms with E-state index in [9.17, 15) is 0 Å². The molecule has 3 aromatic heterocycles. The molecule has 0 amide bonds. The van der Waals surface area contributed by atoms with Gasteiger partial charge in [-0.1, -0.05) is 37.0 Å². The van der Waals surface area contributed by atoms with Crippen LogP contribution in [0.3, 0.4) is 0 Å². The summed E-state index contributed by atoms with van der Waals surface area (Å²) in [4.78, 5) is 4.34. The fourth-order valence-corrected chi connectivity index (χ4v) is 3.26. The predicted octanol–water partition coefficient (Wildman–Crippen LogP) is 5.48. The van der Waals surface area contributed by atoms with Gasteiger partial charge in [0, 0.05) is 28.3 Å². The average molecular weight is 373 g/mol. The normalized spacial score (nSPS) is 11.6. The highest BCUT2D eigenvalue weighted by atomic mass is 35.5. The van der Waals surface area contributed by atoms with Gasteiger partial charge in [-0.25, -0.2) is 4.98 Å². The number of hydrogen-bond acceptors (Lipinski definition) is 4. The van der Waals surface area contributed by atoms with Gasteiger partial charge in [-0.15, -0.1) is 10.2 Å². The Kier molecular flexibility index (Phi) is 3.98. The Hall–Kier alpha value is -2.37. The van der Waals surface area contributed by atoms with Crippen molar-refractivity contribution in [3.05, 3.63) is 58.8 Å². The van der Waals surface area contributed by atoms with Gasteiger partial charge in [0.2, 0.25) is 0 Å². The zero-order chi connectivity index (χ0) is 17.6. The highest BCUT2D eigenvalue weighted by Gasteiger charge is 2.17. The van der Waals surface area contributed by atoms with Crippen LogP contribution in [0.1, 0.15) is 25.6 Å². The number of pyridine rings is 1. The first-order valence-electron chi connectivity index (χ1n) is 7.78. The molecule has 4 rings (SSSR count). The lowest BCUT2D eigenvalue weighted by Gasteiger charge is -2.07. The predicted molar refractivity (Wildman–Crippen MR) is 98.0 cm³/mol. The fraction of sp³-hybridized carbons (Fsp3) is 0.167. The van der Waals surface area contributed by atoms with Crippen LogP contribution in [0.4, 0.5) is 0 Å². The summed E-state index contributed by atoms with van der Waals surface area (Å²) >= 11 is 12.3. The molecule has 0 aliphatic carbocycles. The molecule has 0 N–H and O–H groups in total. The van der Waals surface area contributed by atoms with E-state index in [4.69, 9.17) is 27.6 Å². The molecule has 0 fully saturated rings. The van der Waals surface area contributed by atoms with E-state index in [2.05, 4.69) is 29.0 Å². The minimum Gasteiger partial charge on any atom is -0.443 e. The third-order valence-corrected chi connectivity index (χ3v) is 4.51.